The van der Waals surface area contributed by atoms with Gasteiger partial charge in [-0.25, -0.2) is 0 Å². The van der Waals surface area contributed by atoms with Gasteiger partial charge in [0.15, 0.2) is 0 Å². The highest BCUT2D eigenvalue weighted by Crippen LogP contribution is 2.30. The summed E-state index contributed by atoms with van der Waals surface area (Å²) in [4.78, 5) is 0. The normalized spacial score (nSPS) is 12.7. The molecule has 0 fully saturated rings. The van der Waals surface area contributed by atoms with Crippen molar-refractivity contribution >= 4 is 27.5 Å². The van der Waals surface area contributed by atoms with Crippen LogP contribution in [0.15, 0.2) is 28.7 Å². The second-order valence-corrected chi connectivity index (χ2v) is 6.04. The number of hydrogen-bond acceptors (Lipinski definition) is 2. The van der Waals surface area contributed by atoms with Crippen LogP contribution in [0.5, 0.6) is 0 Å². The molecule has 0 radical (unpaired) electrons. The number of rotatable bonds is 5. The van der Waals surface area contributed by atoms with Gasteiger partial charge in [-0.15, -0.1) is 0 Å². The second-order valence-electron chi connectivity index (χ2n) is 4.84. The van der Waals surface area contributed by atoms with E-state index in [0.717, 1.165) is 39.3 Å². The van der Waals surface area contributed by atoms with Gasteiger partial charge in [-0.2, -0.15) is 5.10 Å². The number of halogens is 2. The molecule has 1 atom stereocenters. The van der Waals surface area contributed by atoms with Gasteiger partial charge >= 0.3 is 0 Å². The van der Waals surface area contributed by atoms with Crippen LogP contribution in [0.1, 0.15) is 29.8 Å². The number of hydrogen-bond donors (Lipinski definition) is 1. The minimum absolute atomic E-state index is 0.195. The van der Waals surface area contributed by atoms with Crippen molar-refractivity contribution in [2.75, 3.05) is 6.54 Å². The molecule has 20 heavy (non-hydrogen) atoms. The van der Waals surface area contributed by atoms with E-state index in [1.165, 1.54) is 0 Å². The maximum absolute atomic E-state index is 6.29. The monoisotopic (exact) mass is 355 g/mol. The number of aryl methyl sites for hydroxylation is 2. The number of aromatic nitrogens is 2. The van der Waals surface area contributed by atoms with Crippen molar-refractivity contribution in [1.82, 2.24) is 9.78 Å². The molecule has 0 saturated carbocycles. The third kappa shape index (κ3) is 3.08. The smallest absolute Gasteiger partial charge is 0.0766 e. The average Bonchev–Trinajstić information content (AvgIpc) is 2.72. The highest BCUT2D eigenvalue weighted by atomic mass is 79.9. The molecule has 1 aromatic heterocycles. The summed E-state index contributed by atoms with van der Waals surface area (Å²) in [5, 5.41) is 5.30. The molecular weight excluding hydrogens is 338 g/mol. The number of nitrogens with two attached hydrogens (primary N) is 1. The molecular formula is C15H19BrClN3. The van der Waals surface area contributed by atoms with E-state index in [1.807, 2.05) is 36.0 Å². The fourth-order valence-corrected chi connectivity index (χ4v) is 3.47. The molecule has 0 aliphatic rings. The van der Waals surface area contributed by atoms with Crippen LogP contribution >= 0.6 is 27.5 Å². The SMILES string of the molecule is CCc1nn(C)c(CC(CN)c2ccccc2Cl)c1Br. The second kappa shape index (κ2) is 6.74. The lowest BCUT2D eigenvalue weighted by Crippen LogP contribution is -2.17. The molecule has 108 valence electrons. The van der Waals surface area contributed by atoms with Gasteiger partial charge in [-0.3, -0.25) is 4.68 Å². The lowest BCUT2D eigenvalue weighted by molar-refractivity contribution is 0.626. The van der Waals surface area contributed by atoms with E-state index in [-0.39, 0.29) is 5.92 Å². The lowest BCUT2D eigenvalue weighted by Gasteiger charge is -2.17. The Kier molecular flexibility index (Phi) is 5.24. The molecule has 5 heteroatoms. The minimum atomic E-state index is 0.195. The molecule has 0 amide bonds. The van der Waals surface area contributed by atoms with Crippen LogP contribution in [0, 0.1) is 0 Å². The Labute approximate surface area is 133 Å². The zero-order valence-corrected chi connectivity index (χ0v) is 14.1. The molecule has 2 aromatic rings. The van der Waals surface area contributed by atoms with Crippen LogP contribution < -0.4 is 5.73 Å². The van der Waals surface area contributed by atoms with Crippen LogP contribution in [0.2, 0.25) is 5.02 Å². The van der Waals surface area contributed by atoms with Gasteiger partial charge in [0.2, 0.25) is 0 Å². The Bertz CT molecular complexity index is 595. The van der Waals surface area contributed by atoms with Crippen LogP contribution in [0.3, 0.4) is 0 Å². The van der Waals surface area contributed by atoms with Gasteiger partial charge in [0, 0.05) is 18.0 Å². The van der Waals surface area contributed by atoms with Crippen molar-refractivity contribution in [1.29, 1.82) is 0 Å². The Morgan fingerprint density at radius 3 is 2.65 bits per heavy atom. The van der Waals surface area contributed by atoms with Gasteiger partial charge in [0.25, 0.3) is 0 Å². The predicted molar refractivity (Wildman–Crippen MR) is 87.2 cm³/mol. The summed E-state index contributed by atoms with van der Waals surface area (Å²) in [6.45, 7) is 2.66. The maximum atomic E-state index is 6.29. The Hall–Kier alpha value is -0.840. The minimum Gasteiger partial charge on any atom is -0.330 e. The van der Waals surface area contributed by atoms with E-state index in [1.54, 1.807) is 0 Å². The molecule has 2 N–H and O–H groups in total. The quantitative estimate of drug-likeness (QED) is 0.888. The summed E-state index contributed by atoms with van der Waals surface area (Å²) in [6.07, 6.45) is 1.73. The summed E-state index contributed by atoms with van der Waals surface area (Å²) in [6, 6.07) is 7.90. The van der Waals surface area contributed by atoms with Crippen molar-refractivity contribution in [2.24, 2.45) is 12.8 Å². The first-order valence-electron chi connectivity index (χ1n) is 6.73. The van der Waals surface area contributed by atoms with E-state index in [4.69, 9.17) is 17.3 Å². The largest absolute Gasteiger partial charge is 0.330 e. The van der Waals surface area contributed by atoms with Gasteiger partial charge in [0.05, 0.1) is 15.9 Å². The van der Waals surface area contributed by atoms with E-state index >= 15 is 0 Å². The lowest BCUT2D eigenvalue weighted by atomic mass is 9.94. The average molecular weight is 357 g/mol. The van der Waals surface area contributed by atoms with Gasteiger partial charge in [0.1, 0.15) is 0 Å². The highest BCUT2D eigenvalue weighted by Gasteiger charge is 2.19. The van der Waals surface area contributed by atoms with Crippen LogP contribution in [0.25, 0.3) is 0 Å². The van der Waals surface area contributed by atoms with Crippen LogP contribution in [0.4, 0.5) is 0 Å². The van der Waals surface area contributed by atoms with Crippen LogP contribution in [-0.2, 0) is 19.9 Å². The topological polar surface area (TPSA) is 43.8 Å². The number of benzene rings is 1. The van der Waals surface area contributed by atoms with Gasteiger partial charge in [-0.1, -0.05) is 36.7 Å². The molecule has 1 heterocycles. The molecule has 1 aromatic carbocycles. The highest BCUT2D eigenvalue weighted by molar-refractivity contribution is 9.10. The molecule has 3 nitrogen and oxygen atoms in total. The first kappa shape index (κ1) is 15.5. The summed E-state index contributed by atoms with van der Waals surface area (Å²) in [5.41, 5.74) is 9.30. The summed E-state index contributed by atoms with van der Waals surface area (Å²) in [7, 11) is 1.97. The number of nitrogens with zero attached hydrogens (tertiary/aromatic N) is 2. The molecule has 0 bridgehead atoms. The standard InChI is InChI=1S/C15H19BrClN3/c1-3-13-15(16)14(20(2)19-13)8-10(9-18)11-6-4-5-7-12(11)17/h4-7,10H,3,8-9,18H2,1-2H3. The van der Waals surface area contributed by atoms with Crippen molar-refractivity contribution in [2.45, 2.75) is 25.7 Å². The van der Waals surface area contributed by atoms with Gasteiger partial charge in [-0.05, 0) is 46.9 Å². The Morgan fingerprint density at radius 2 is 2.10 bits per heavy atom. The molecule has 1 unspecified atom stereocenters. The molecule has 0 saturated heterocycles. The zero-order valence-electron chi connectivity index (χ0n) is 11.7. The van der Waals surface area contributed by atoms with E-state index in [0.29, 0.717) is 6.54 Å². The van der Waals surface area contributed by atoms with Crippen molar-refractivity contribution in [3.05, 3.63) is 50.7 Å². The first-order valence-corrected chi connectivity index (χ1v) is 7.90. The summed E-state index contributed by atoms with van der Waals surface area (Å²) in [5.74, 6) is 0.195. The molecule has 0 aliphatic carbocycles. The van der Waals surface area contributed by atoms with E-state index < -0.39 is 0 Å². The van der Waals surface area contributed by atoms with Gasteiger partial charge < -0.3 is 5.73 Å². The molecule has 2 rings (SSSR count). The third-order valence-electron chi connectivity index (χ3n) is 3.57. The zero-order chi connectivity index (χ0) is 14.7. The van der Waals surface area contributed by atoms with Crippen molar-refractivity contribution in [3.8, 4) is 0 Å². The van der Waals surface area contributed by atoms with E-state index in [2.05, 4.69) is 28.0 Å². The summed E-state index contributed by atoms with van der Waals surface area (Å²) < 4.78 is 3.02. The fraction of sp³-hybridized carbons (Fsp3) is 0.400. The Balaban J connectivity index is 2.32. The van der Waals surface area contributed by atoms with Crippen molar-refractivity contribution < 1.29 is 0 Å². The summed E-state index contributed by atoms with van der Waals surface area (Å²) >= 11 is 9.94. The predicted octanol–water partition coefficient (Wildman–Crippen LogP) is 3.68. The first-order chi connectivity index (χ1) is 9.58. The van der Waals surface area contributed by atoms with E-state index in [9.17, 15) is 0 Å². The van der Waals surface area contributed by atoms with Crippen LogP contribution in [-0.4, -0.2) is 16.3 Å². The molecule has 0 aliphatic heterocycles. The third-order valence-corrected chi connectivity index (χ3v) is 4.83. The maximum Gasteiger partial charge on any atom is 0.0766 e. The van der Waals surface area contributed by atoms with Crippen molar-refractivity contribution in [3.63, 3.8) is 0 Å². The Morgan fingerprint density at radius 1 is 1.40 bits per heavy atom. The fourth-order valence-electron chi connectivity index (χ4n) is 2.40. The molecule has 0 spiro atoms.